The molecule has 1 unspecified atom stereocenters. The van der Waals surface area contributed by atoms with Crippen LogP contribution in [0.3, 0.4) is 0 Å². The second-order valence-electron chi connectivity index (χ2n) is 6.42. The summed E-state index contributed by atoms with van der Waals surface area (Å²) in [5.74, 6) is -0.476. The molecule has 0 aliphatic carbocycles. The summed E-state index contributed by atoms with van der Waals surface area (Å²) in [5.41, 5.74) is 2.93. The molecule has 0 radical (unpaired) electrons. The van der Waals surface area contributed by atoms with Gasteiger partial charge in [0.2, 0.25) is 0 Å². The average molecular weight is 365 g/mol. The molecular weight excluding hydrogens is 346 g/mol. The maximum absolute atomic E-state index is 13.2. The van der Waals surface area contributed by atoms with Crippen LogP contribution in [0.15, 0.2) is 47.5 Å². The molecule has 2 amide bonds. The number of aliphatic imine (C=N–C) groups is 1. The van der Waals surface area contributed by atoms with Crippen molar-refractivity contribution in [2.24, 2.45) is 10.9 Å². The molecule has 1 atom stereocenters. The number of nitrogens with zero attached hydrogens (tertiary/aromatic N) is 3. The Hall–Kier alpha value is -3.35. The Bertz CT molecular complexity index is 947. The first-order valence-electron chi connectivity index (χ1n) is 8.53. The molecule has 7 nitrogen and oxygen atoms in total. The fourth-order valence-electron chi connectivity index (χ4n) is 3.49. The lowest BCUT2D eigenvalue weighted by Crippen LogP contribution is -2.37. The van der Waals surface area contributed by atoms with Crippen LogP contribution in [0, 0.1) is 5.92 Å². The van der Waals surface area contributed by atoms with E-state index in [1.54, 1.807) is 25.2 Å². The molecule has 2 aromatic carbocycles. The molecule has 2 aliphatic heterocycles. The van der Waals surface area contributed by atoms with Gasteiger partial charge in [-0.2, -0.15) is 0 Å². The van der Waals surface area contributed by atoms with E-state index in [0.29, 0.717) is 29.3 Å². The van der Waals surface area contributed by atoms with Crippen LogP contribution in [0.5, 0.6) is 11.5 Å². The van der Waals surface area contributed by atoms with E-state index in [-0.39, 0.29) is 11.8 Å². The van der Waals surface area contributed by atoms with Gasteiger partial charge >= 0.3 is 0 Å². The minimum absolute atomic E-state index is 0.298. The van der Waals surface area contributed by atoms with Gasteiger partial charge in [0.25, 0.3) is 11.8 Å². The Morgan fingerprint density at radius 2 is 1.67 bits per heavy atom. The van der Waals surface area contributed by atoms with Gasteiger partial charge in [-0.25, -0.2) is 10.0 Å². The Labute approximate surface area is 156 Å². The van der Waals surface area contributed by atoms with E-state index in [4.69, 9.17) is 9.47 Å². The number of hydrogen-bond donors (Lipinski definition) is 0. The van der Waals surface area contributed by atoms with Gasteiger partial charge < -0.3 is 9.47 Å². The Morgan fingerprint density at radius 3 is 2.30 bits per heavy atom. The summed E-state index contributed by atoms with van der Waals surface area (Å²) < 4.78 is 10.6. The second-order valence-corrected chi connectivity index (χ2v) is 6.42. The maximum Gasteiger partial charge on any atom is 0.264 e. The van der Waals surface area contributed by atoms with Gasteiger partial charge in [0.15, 0.2) is 5.92 Å². The molecule has 7 heteroatoms. The quantitative estimate of drug-likeness (QED) is 0.780. The number of amides is 2. The lowest BCUT2D eigenvalue weighted by Gasteiger charge is -2.24. The monoisotopic (exact) mass is 365 g/mol. The predicted molar refractivity (Wildman–Crippen MR) is 101 cm³/mol. The molecule has 1 fully saturated rings. The van der Waals surface area contributed by atoms with E-state index >= 15 is 0 Å². The number of para-hydroxylation sites is 1. The average Bonchev–Trinajstić information content (AvgIpc) is 3.19. The molecule has 2 aliphatic rings. The molecule has 138 valence electrons. The van der Waals surface area contributed by atoms with Crippen molar-refractivity contribution < 1.29 is 19.1 Å². The summed E-state index contributed by atoms with van der Waals surface area (Å²) >= 11 is 0. The van der Waals surface area contributed by atoms with E-state index in [0.717, 1.165) is 11.3 Å². The molecule has 0 spiro atoms. The highest BCUT2D eigenvalue weighted by molar-refractivity contribution is 6.29. The van der Waals surface area contributed by atoms with Crippen LogP contribution >= 0.6 is 0 Å². The summed E-state index contributed by atoms with van der Waals surface area (Å²) in [7, 11) is 4.65. The number of fused-ring (bicyclic) bond motifs is 1. The summed E-state index contributed by atoms with van der Waals surface area (Å²) in [6.45, 7) is 0. The van der Waals surface area contributed by atoms with Gasteiger partial charge in [0.05, 0.1) is 25.6 Å². The Balaban J connectivity index is 1.70. The standard InChI is InChI=1S/C20H19N3O4/c1-22-19(24)18(17-8-12-6-4-5-7-16(12)21-17)20(25)23(22)13-9-14(26-2)11-15(10-13)27-3/h4-7,9-11,18H,8H2,1-3H3. The zero-order chi connectivity index (χ0) is 19.1. The van der Waals surface area contributed by atoms with Gasteiger partial charge in [-0.05, 0) is 11.6 Å². The van der Waals surface area contributed by atoms with Crippen molar-refractivity contribution in [3.05, 3.63) is 48.0 Å². The topological polar surface area (TPSA) is 71.4 Å². The fraction of sp³-hybridized carbons (Fsp3) is 0.250. The molecule has 0 bridgehead atoms. The number of carbonyl (C=O) groups is 2. The molecule has 2 aromatic rings. The van der Waals surface area contributed by atoms with Gasteiger partial charge in [0.1, 0.15) is 11.5 Å². The fourth-order valence-corrected chi connectivity index (χ4v) is 3.49. The highest BCUT2D eigenvalue weighted by Crippen LogP contribution is 2.36. The van der Waals surface area contributed by atoms with Crippen molar-refractivity contribution in [1.29, 1.82) is 0 Å². The predicted octanol–water partition coefficient (Wildman–Crippen LogP) is 2.37. The third-order valence-corrected chi connectivity index (χ3v) is 4.86. The van der Waals surface area contributed by atoms with Crippen LogP contribution in [-0.4, -0.2) is 43.8 Å². The third-order valence-electron chi connectivity index (χ3n) is 4.86. The van der Waals surface area contributed by atoms with Crippen molar-refractivity contribution in [3.63, 3.8) is 0 Å². The van der Waals surface area contributed by atoms with E-state index < -0.39 is 5.92 Å². The highest BCUT2D eigenvalue weighted by atomic mass is 16.5. The molecule has 27 heavy (non-hydrogen) atoms. The van der Waals surface area contributed by atoms with Crippen LogP contribution in [-0.2, 0) is 16.0 Å². The number of methoxy groups -OCH3 is 2. The Morgan fingerprint density at radius 1 is 1.00 bits per heavy atom. The first kappa shape index (κ1) is 17.1. The number of hydrazine groups is 1. The zero-order valence-electron chi connectivity index (χ0n) is 15.3. The maximum atomic E-state index is 13.2. The van der Waals surface area contributed by atoms with Crippen molar-refractivity contribution in [3.8, 4) is 11.5 Å². The number of hydrogen-bond acceptors (Lipinski definition) is 5. The molecular formula is C20H19N3O4. The van der Waals surface area contributed by atoms with Crippen LogP contribution in [0.4, 0.5) is 11.4 Å². The number of ether oxygens (including phenoxy) is 2. The normalized spacial score (nSPS) is 18.6. The van der Waals surface area contributed by atoms with Crippen LogP contribution in [0.1, 0.15) is 5.56 Å². The lowest BCUT2D eigenvalue weighted by atomic mass is 9.98. The third kappa shape index (κ3) is 2.71. The van der Waals surface area contributed by atoms with Gasteiger partial charge in [-0.1, -0.05) is 18.2 Å². The van der Waals surface area contributed by atoms with Crippen molar-refractivity contribution in [2.75, 3.05) is 26.3 Å². The van der Waals surface area contributed by atoms with E-state index in [1.807, 2.05) is 24.3 Å². The molecule has 0 N–H and O–H groups in total. The smallest absolute Gasteiger partial charge is 0.264 e. The van der Waals surface area contributed by atoms with Crippen molar-refractivity contribution >= 4 is 28.9 Å². The summed E-state index contributed by atoms with van der Waals surface area (Å²) in [4.78, 5) is 30.6. The van der Waals surface area contributed by atoms with E-state index in [1.165, 1.54) is 24.2 Å². The molecule has 2 heterocycles. The van der Waals surface area contributed by atoms with Gasteiger partial charge in [-0.3, -0.25) is 14.6 Å². The molecule has 1 saturated heterocycles. The molecule has 0 aromatic heterocycles. The molecule has 4 rings (SSSR count). The van der Waals surface area contributed by atoms with Crippen molar-refractivity contribution in [2.45, 2.75) is 6.42 Å². The highest BCUT2D eigenvalue weighted by Gasteiger charge is 2.48. The molecule has 0 saturated carbocycles. The summed E-state index contributed by atoms with van der Waals surface area (Å²) in [6, 6.07) is 12.8. The first-order chi connectivity index (χ1) is 13.0. The van der Waals surface area contributed by atoms with Gasteiger partial charge in [0, 0.05) is 37.4 Å². The number of rotatable bonds is 4. The van der Waals surface area contributed by atoms with Crippen molar-refractivity contribution in [1.82, 2.24) is 5.01 Å². The number of carbonyl (C=O) groups excluding carboxylic acids is 2. The second kappa shape index (κ2) is 6.42. The SMILES string of the molecule is COc1cc(OC)cc(N2C(=O)C(C3=Nc4ccccc4C3)C(=O)N2C)c1. The largest absolute Gasteiger partial charge is 0.497 e. The minimum Gasteiger partial charge on any atom is -0.497 e. The lowest BCUT2D eigenvalue weighted by molar-refractivity contribution is -0.129. The number of anilines is 1. The number of benzene rings is 2. The van der Waals surface area contributed by atoms with E-state index in [9.17, 15) is 9.59 Å². The minimum atomic E-state index is -0.917. The van der Waals surface area contributed by atoms with Crippen LogP contribution < -0.4 is 14.5 Å². The van der Waals surface area contributed by atoms with Gasteiger partial charge in [-0.15, -0.1) is 0 Å². The first-order valence-corrected chi connectivity index (χ1v) is 8.53. The summed E-state index contributed by atoms with van der Waals surface area (Å²) in [6.07, 6.45) is 0.501. The summed E-state index contributed by atoms with van der Waals surface area (Å²) in [5, 5.41) is 2.68. The zero-order valence-corrected chi connectivity index (χ0v) is 15.3. The van der Waals surface area contributed by atoms with Crippen LogP contribution in [0.25, 0.3) is 0 Å². The van der Waals surface area contributed by atoms with Crippen LogP contribution in [0.2, 0.25) is 0 Å². The van der Waals surface area contributed by atoms with E-state index in [2.05, 4.69) is 4.99 Å². The Kier molecular flexibility index (Phi) is 4.07.